The van der Waals surface area contributed by atoms with E-state index < -0.39 is 11.6 Å². The van der Waals surface area contributed by atoms with Crippen molar-refractivity contribution in [2.45, 2.75) is 6.42 Å². The van der Waals surface area contributed by atoms with Crippen molar-refractivity contribution in [2.24, 2.45) is 0 Å². The van der Waals surface area contributed by atoms with Crippen molar-refractivity contribution < 1.29 is 27.8 Å². The van der Waals surface area contributed by atoms with Crippen molar-refractivity contribution in [3.05, 3.63) is 132 Å². The molecule has 0 fully saturated rings. The van der Waals surface area contributed by atoms with E-state index in [0.29, 0.717) is 6.42 Å². The summed E-state index contributed by atoms with van der Waals surface area (Å²) in [6, 6.07) is 31.2. The second-order valence-electron chi connectivity index (χ2n) is 10.7. The first-order chi connectivity index (χ1) is 20.9. The van der Waals surface area contributed by atoms with Crippen LogP contribution in [0.15, 0.2) is 118 Å². The van der Waals surface area contributed by atoms with Crippen LogP contribution in [0.25, 0.3) is 66.1 Å². The Labute approximate surface area is 243 Å². The molecule has 208 valence electrons. The van der Waals surface area contributed by atoms with Crippen LogP contribution >= 0.6 is 0 Å². The zero-order chi connectivity index (χ0) is 29.2. The standard InChI is InChI=1S/C37H22F2O4/c38-30-7-3-1-5-22(30)26-16-27(33(41)18-32(26)40)25-14-20(10-12-31(25)39)13-21-9-11-24-29-17-28-23-6-2-4-8-34(23)42-36(28)19-37(29)43-35(24)15-21/h1-12,14-19,40-41H,13H2. The molecule has 0 amide bonds. The Kier molecular flexibility index (Phi) is 5.53. The molecule has 2 heterocycles. The molecule has 0 unspecified atom stereocenters. The van der Waals surface area contributed by atoms with Gasteiger partial charge in [-0.05, 0) is 60.0 Å². The molecule has 0 radical (unpaired) electrons. The third kappa shape index (κ3) is 4.10. The minimum Gasteiger partial charge on any atom is -0.507 e. The molecule has 0 aliphatic carbocycles. The Morgan fingerprint density at radius 1 is 0.442 bits per heavy atom. The molecule has 0 saturated carbocycles. The van der Waals surface area contributed by atoms with Crippen LogP contribution in [0, 0.1) is 11.6 Å². The quantitative estimate of drug-likeness (QED) is 0.222. The molecule has 6 heteroatoms. The van der Waals surface area contributed by atoms with Gasteiger partial charge in [-0.1, -0.05) is 54.6 Å². The maximum absolute atomic E-state index is 15.1. The molecule has 0 aliphatic rings. The van der Waals surface area contributed by atoms with E-state index in [1.807, 2.05) is 48.5 Å². The number of rotatable bonds is 4. The minimum atomic E-state index is -0.547. The maximum Gasteiger partial charge on any atom is 0.139 e. The highest BCUT2D eigenvalue weighted by Gasteiger charge is 2.18. The number of hydrogen-bond acceptors (Lipinski definition) is 4. The summed E-state index contributed by atoms with van der Waals surface area (Å²) in [7, 11) is 0. The lowest BCUT2D eigenvalue weighted by Gasteiger charge is -2.13. The van der Waals surface area contributed by atoms with Crippen LogP contribution in [0.2, 0.25) is 0 Å². The van der Waals surface area contributed by atoms with Gasteiger partial charge in [-0.15, -0.1) is 0 Å². The number of fused-ring (bicyclic) bond motifs is 6. The maximum atomic E-state index is 15.1. The van der Waals surface area contributed by atoms with Gasteiger partial charge in [0.15, 0.2) is 0 Å². The predicted octanol–water partition coefficient (Wildman–Crippen LogP) is 10.1. The van der Waals surface area contributed by atoms with Crippen LogP contribution in [0.1, 0.15) is 11.1 Å². The van der Waals surface area contributed by atoms with Gasteiger partial charge in [0.2, 0.25) is 0 Å². The average molecular weight is 569 g/mol. The number of hydrogen-bond donors (Lipinski definition) is 2. The van der Waals surface area contributed by atoms with Crippen LogP contribution in [0.3, 0.4) is 0 Å². The van der Waals surface area contributed by atoms with Crippen LogP contribution in [-0.4, -0.2) is 10.2 Å². The van der Waals surface area contributed by atoms with E-state index in [-0.39, 0.29) is 33.8 Å². The number of benzene rings is 6. The second kappa shape index (κ2) is 9.46. The molecule has 0 spiro atoms. The minimum absolute atomic E-state index is 0.146. The molecule has 4 nitrogen and oxygen atoms in total. The van der Waals surface area contributed by atoms with Gasteiger partial charge in [0.05, 0.1) is 0 Å². The largest absolute Gasteiger partial charge is 0.507 e. The monoisotopic (exact) mass is 568 g/mol. The van der Waals surface area contributed by atoms with Crippen molar-refractivity contribution >= 4 is 43.9 Å². The van der Waals surface area contributed by atoms with E-state index >= 15 is 4.39 Å². The molecule has 6 aromatic carbocycles. The third-order valence-corrected chi connectivity index (χ3v) is 8.04. The molecule has 43 heavy (non-hydrogen) atoms. The SMILES string of the molecule is Oc1cc(O)c(-c2cc(Cc3ccc4c(c3)oc3cc5oc6ccccc6c5cc34)ccc2F)cc1-c1ccccc1F. The van der Waals surface area contributed by atoms with Crippen LogP contribution in [0.4, 0.5) is 8.78 Å². The highest BCUT2D eigenvalue weighted by Crippen LogP contribution is 2.42. The zero-order valence-electron chi connectivity index (χ0n) is 22.6. The summed E-state index contributed by atoms with van der Waals surface area (Å²) >= 11 is 0. The molecule has 0 saturated heterocycles. The topological polar surface area (TPSA) is 66.7 Å². The molecule has 0 bridgehead atoms. The fourth-order valence-corrected chi connectivity index (χ4v) is 5.96. The summed E-state index contributed by atoms with van der Waals surface area (Å²) < 4.78 is 41.9. The smallest absolute Gasteiger partial charge is 0.139 e. The Balaban J connectivity index is 1.17. The predicted molar refractivity (Wildman–Crippen MR) is 164 cm³/mol. The Morgan fingerprint density at radius 2 is 1.05 bits per heavy atom. The van der Waals surface area contributed by atoms with E-state index in [0.717, 1.165) is 61.1 Å². The van der Waals surface area contributed by atoms with Gasteiger partial charge in [-0.25, -0.2) is 8.78 Å². The first-order valence-electron chi connectivity index (χ1n) is 13.8. The normalized spacial score (nSPS) is 11.8. The van der Waals surface area contributed by atoms with Crippen molar-refractivity contribution in [3.63, 3.8) is 0 Å². The molecule has 2 N–H and O–H groups in total. The Morgan fingerprint density at radius 3 is 1.86 bits per heavy atom. The van der Waals surface area contributed by atoms with Crippen molar-refractivity contribution in [2.75, 3.05) is 0 Å². The fraction of sp³-hybridized carbons (Fsp3) is 0.0270. The molecular weight excluding hydrogens is 546 g/mol. The number of para-hydroxylation sites is 1. The molecule has 0 atom stereocenters. The van der Waals surface area contributed by atoms with E-state index in [4.69, 9.17) is 8.83 Å². The molecule has 8 aromatic rings. The third-order valence-electron chi connectivity index (χ3n) is 8.04. The zero-order valence-corrected chi connectivity index (χ0v) is 22.6. The molecule has 0 aliphatic heterocycles. The highest BCUT2D eigenvalue weighted by atomic mass is 19.1. The fourth-order valence-electron chi connectivity index (χ4n) is 5.96. The first kappa shape index (κ1) is 25.1. The van der Waals surface area contributed by atoms with Crippen LogP contribution < -0.4 is 0 Å². The van der Waals surface area contributed by atoms with Crippen molar-refractivity contribution in [3.8, 4) is 33.8 Å². The summed E-state index contributed by atoms with van der Waals surface area (Å²) in [6.07, 6.45) is 0.478. The highest BCUT2D eigenvalue weighted by molar-refractivity contribution is 6.15. The van der Waals surface area contributed by atoms with Gasteiger partial charge < -0.3 is 19.0 Å². The van der Waals surface area contributed by atoms with Gasteiger partial charge in [0.25, 0.3) is 0 Å². The summed E-state index contributed by atoms with van der Waals surface area (Å²) in [5, 5.41) is 25.2. The number of furan rings is 2. The van der Waals surface area contributed by atoms with Gasteiger partial charge in [-0.2, -0.15) is 0 Å². The summed E-state index contributed by atoms with van der Waals surface area (Å²) in [5.74, 6) is -1.70. The molecule has 8 rings (SSSR count). The van der Waals surface area contributed by atoms with E-state index in [2.05, 4.69) is 6.07 Å². The van der Waals surface area contributed by atoms with E-state index in [1.165, 1.54) is 24.3 Å². The lowest BCUT2D eigenvalue weighted by Crippen LogP contribution is -1.93. The summed E-state index contributed by atoms with van der Waals surface area (Å²) in [4.78, 5) is 0. The molecule has 2 aromatic heterocycles. The van der Waals surface area contributed by atoms with Crippen LogP contribution in [0.5, 0.6) is 11.5 Å². The summed E-state index contributed by atoms with van der Waals surface area (Å²) in [5.41, 5.74) is 5.43. The Bertz CT molecular complexity index is 2380. The van der Waals surface area contributed by atoms with Crippen molar-refractivity contribution in [1.82, 2.24) is 0 Å². The number of phenolic OH excluding ortho intramolecular Hbond substituents is 2. The Hall–Kier alpha value is -5.62. The average Bonchev–Trinajstić information content (AvgIpc) is 3.54. The summed E-state index contributed by atoms with van der Waals surface area (Å²) in [6.45, 7) is 0. The van der Waals surface area contributed by atoms with Gasteiger partial charge in [-0.3, -0.25) is 0 Å². The van der Waals surface area contributed by atoms with Crippen molar-refractivity contribution in [1.29, 1.82) is 0 Å². The lowest BCUT2D eigenvalue weighted by molar-refractivity contribution is 0.452. The molecular formula is C37H22F2O4. The van der Waals surface area contributed by atoms with E-state index in [9.17, 15) is 14.6 Å². The van der Waals surface area contributed by atoms with Crippen LogP contribution in [-0.2, 0) is 6.42 Å². The second-order valence-corrected chi connectivity index (χ2v) is 10.7. The number of aromatic hydroxyl groups is 2. The number of phenols is 2. The van der Waals surface area contributed by atoms with Gasteiger partial charge in [0, 0.05) is 55.9 Å². The first-order valence-corrected chi connectivity index (χ1v) is 13.8. The van der Waals surface area contributed by atoms with E-state index in [1.54, 1.807) is 24.3 Å². The lowest BCUT2D eigenvalue weighted by atomic mass is 9.94. The van der Waals surface area contributed by atoms with Gasteiger partial charge in [0.1, 0.15) is 45.5 Å². The number of halogens is 2. The van der Waals surface area contributed by atoms with Gasteiger partial charge >= 0.3 is 0 Å².